The maximum absolute atomic E-state index is 6.44. The summed E-state index contributed by atoms with van der Waals surface area (Å²) in [5, 5.41) is 5.68. The van der Waals surface area contributed by atoms with Gasteiger partial charge in [-0.05, 0) is 57.6 Å². The number of nitrogens with one attached hydrogen (secondary N) is 1. The SMILES string of the molecule is c1ccc(-c2ccc(C3=NC(c4ccccc4)NC(c4cccc5oc6ccc(-c7ccc(-c8ccc(-c9ccccc9)cc8)nc7)cc6c45)=N3)cc2)cc1. The van der Waals surface area contributed by atoms with Crippen LogP contribution in [0.5, 0.6) is 0 Å². The molecular weight excluding hydrogens is 673 g/mol. The lowest BCUT2D eigenvalue weighted by atomic mass is 9.99. The summed E-state index contributed by atoms with van der Waals surface area (Å²) in [4.78, 5) is 15.2. The molecule has 0 bridgehead atoms. The number of aliphatic imine (C=N–C) groups is 2. The number of nitrogens with zero attached hydrogens (tertiary/aromatic N) is 3. The van der Waals surface area contributed by atoms with Crippen LogP contribution < -0.4 is 5.32 Å². The van der Waals surface area contributed by atoms with Gasteiger partial charge in [0.1, 0.15) is 23.2 Å². The first-order chi connectivity index (χ1) is 27.2. The minimum Gasteiger partial charge on any atom is -0.456 e. The van der Waals surface area contributed by atoms with Crippen molar-refractivity contribution in [1.29, 1.82) is 0 Å². The van der Waals surface area contributed by atoms with E-state index in [0.29, 0.717) is 5.84 Å². The number of benzene rings is 7. The maximum atomic E-state index is 6.44. The molecule has 0 fully saturated rings. The van der Waals surface area contributed by atoms with Crippen molar-refractivity contribution in [2.45, 2.75) is 6.17 Å². The number of rotatable bonds is 7. The summed E-state index contributed by atoms with van der Waals surface area (Å²) in [5.74, 6) is 1.42. The summed E-state index contributed by atoms with van der Waals surface area (Å²) in [5.41, 5.74) is 13.4. The molecule has 1 N–H and O–H groups in total. The number of aromatic nitrogens is 1. The van der Waals surface area contributed by atoms with Gasteiger partial charge in [-0.15, -0.1) is 0 Å². The minimum absolute atomic E-state index is 0.319. The van der Waals surface area contributed by atoms with E-state index in [1.165, 1.54) is 16.7 Å². The molecule has 260 valence electrons. The van der Waals surface area contributed by atoms with E-state index in [4.69, 9.17) is 19.4 Å². The fourth-order valence-electron chi connectivity index (χ4n) is 7.37. The molecule has 3 heterocycles. The van der Waals surface area contributed by atoms with Crippen LogP contribution in [0.15, 0.2) is 209 Å². The van der Waals surface area contributed by atoms with Crippen LogP contribution in [0, 0.1) is 0 Å². The summed E-state index contributed by atoms with van der Waals surface area (Å²) in [6, 6.07) is 64.9. The lowest BCUT2D eigenvalue weighted by Gasteiger charge is -2.24. The van der Waals surface area contributed by atoms with E-state index in [9.17, 15) is 0 Å². The van der Waals surface area contributed by atoms with E-state index in [1.807, 2.05) is 48.7 Å². The Morgan fingerprint density at radius 3 is 1.69 bits per heavy atom. The first-order valence-corrected chi connectivity index (χ1v) is 18.5. The number of amidine groups is 2. The zero-order valence-corrected chi connectivity index (χ0v) is 29.8. The summed E-state index contributed by atoms with van der Waals surface area (Å²) in [6.45, 7) is 0. The third-order valence-electron chi connectivity index (χ3n) is 10.2. The smallest absolute Gasteiger partial charge is 0.159 e. The average molecular weight is 707 g/mol. The van der Waals surface area contributed by atoms with Gasteiger partial charge in [0.25, 0.3) is 0 Å². The number of hydrogen-bond donors (Lipinski definition) is 1. The molecule has 0 saturated carbocycles. The van der Waals surface area contributed by atoms with E-state index >= 15 is 0 Å². The molecule has 0 amide bonds. The van der Waals surface area contributed by atoms with Gasteiger partial charge in [0.15, 0.2) is 5.84 Å². The number of furan rings is 1. The molecule has 1 unspecified atom stereocenters. The van der Waals surface area contributed by atoms with Crippen molar-refractivity contribution in [1.82, 2.24) is 10.3 Å². The van der Waals surface area contributed by atoms with Crippen LogP contribution in [-0.4, -0.2) is 16.7 Å². The van der Waals surface area contributed by atoms with E-state index in [-0.39, 0.29) is 6.17 Å². The fourth-order valence-corrected chi connectivity index (χ4v) is 7.37. The lowest BCUT2D eigenvalue weighted by molar-refractivity contribution is 0.668. The Morgan fingerprint density at radius 2 is 1.04 bits per heavy atom. The van der Waals surface area contributed by atoms with Crippen molar-refractivity contribution in [2.75, 3.05) is 0 Å². The molecule has 1 aliphatic heterocycles. The highest BCUT2D eigenvalue weighted by molar-refractivity contribution is 6.22. The largest absolute Gasteiger partial charge is 0.456 e. The maximum Gasteiger partial charge on any atom is 0.159 e. The monoisotopic (exact) mass is 706 g/mol. The average Bonchev–Trinajstić information content (AvgIpc) is 3.66. The molecule has 5 heteroatoms. The van der Waals surface area contributed by atoms with Gasteiger partial charge >= 0.3 is 0 Å². The lowest BCUT2D eigenvalue weighted by Crippen LogP contribution is -2.33. The van der Waals surface area contributed by atoms with Crippen molar-refractivity contribution in [3.8, 4) is 44.6 Å². The van der Waals surface area contributed by atoms with Gasteiger partial charge in [-0.25, -0.2) is 9.98 Å². The van der Waals surface area contributed by atoms with Crippen molar-refractivity contribution in [3.63, 3.8) is 0 Å². The van der Waals surface area contributed by atoms with Gasteiger partial charge in [0.2, 0.25) is 0 Å². The van der Waals surface area contributed by atoms with Crippen LogP contribution in [0.25, 0.3) is 66.6 Å². The Morgan fingerprint density at radius 1 is 0.455 bits per heavy atom. The van der Waals surface area contributed by atoms with Crippen molar-refractivity contribution >= 4 is 33.6 Å². The predicted octanol–water partition coefficient (Wildman–Crippen LogP) is 12.1. The molecule has 0 spiro atoms. The van der Waals surface area contributed by atoms with Crippen molar-refractivity contribution in [3.05, 3.63) is 211 Å². The first-order valence-electron chi connectivity index (χ1n) is 18.5. The topological polar surface area (TPSA) is 62.8 Å². The van der Waals surface area contributed by atoms with Crippen LogP contribution in [0.3, 0.4) is 0 Å². The summed E-state index contributed by atoms with van der Waals surface area (Å²) in [6.07, 6.45) is 1.63. The normalized spacial score (nSPS) is 14.0. The first kappa shape index (κ1) is 32.3. The minimum atomic E-state index is -0.319. The van der Waals surface area contributed by atoms with E-state index in [0.717, 1.165) is 72.4 Å². The van der Waals surface area contributed by atoms with Crippen molar-refractivity contribution < 1.29 is 4.42 Å². The molecule has 55 heavy (non-hydrogen) atoms. The molecule has 0 radical (unpaired) electrons. The summed E-state index contributed by atoms with van der Waals surface area (Å²) < 4.78 is 6.44. The van der Waals surface area contributed by atoms with Gasteiger partial charge in [0.05, 0.1) is 5.69 Å². The summed E-state index contributed by atoms with van der Waals surface area (Å²) >= 11 is 0. The van der Waals surface area contributed by atoms with Crippen LogP contribution >= 0.6 is 0 Å². The van der Waals surface area contributed by atoms with Gasteiger partial charge < -0.3 is 9.73 Å². The molecule has 10 rings (SSSR count). The summed E-state index contributed by atoms with van der Waals surface area (Å²) in [7, 11) is 0. The van der Waals surface area contributed by atoms with Crippen LogP contribution in [0.2, 0.25) is 0 Å². The Labute approximate surface area is 319 Å². The van der Waals surface area contributed by atoms with E-state index in [2.05, 4.69) is 151 Å². The molecule has 2 aromatic heterocycles. The van der Waals surface area contributed by atoms with E-state index < -0.39 is 0 Å². The Balaban J connectivity index is 1.01. The molecule has 1 atom stereocenters. The zero-order valence-electron chi connectivity index (χ0n) is 29.8. The highest BCUT2D eigenvalue weighted by atomic mass is 16.3. The predicted molar refractivity (Wildman–Crippen MR) is 225 cm³/mol. The Bertz CT molecular complexity index is 2840. The third kappa shape index (κ3) is 6.28. The van der Waals surface area contributed by atoms with Gasteiger partial charge in [-0.2, -0.15) is 0 Å². The third-order valence-corrected chi connectivity index (χ3v) is 10.2. The zero-order chi connectivity index (χ0) is 36.6. The van der Waals surface area contributed by atoms with Gasteiger partial charge in [-0.1, -0.05) is 164 Å². The number of hydrogen-bond acceptors (Lipinski definition) is 5. The van der Waals surface area contributed by atoms with Crippen molar-refractivity contribution in [2.24, 2.45) is 9.98 Å². The molecule has 5 nitrogen and oxygen atoms in total. The molecule has 1 aliphatic rings. The second kappa shape index (κ2) is 13.9. The second-order valence-corrected chi connectivity index (χ2v) is 13.7. The Hall–Kier alpha value is -7.37. The standard InChI is InChI=1S/C50H34N4O/c1-4-11-33(12-5-1)35-19-23-37(24-20-35)44-29-27-41(32-51-44)40-28-30-45-43(31-40)47-42(17-10-18-46(47)55-45)50-53-48(38-15-8-3-9-16-38)52-49(54-50)39-25-21-36(22-26-39)34-13-6-2-7-14-34/h1-32,48H,(H,52,53,54). The number of pyridine rings is 1. The molecule has 7 aromatic carbocycles. The van der Waals surface area contributed by atoms with E-state index in [1.54, 1.807) is 0 Å². The Kier molecular flexibility index (Phi) is 8.15. The molecule has 0 saturated heterocycles. The molecular formula is C50H34N4O. The quantitative estimate of drug-likeness (QED) is 0.179. The fraction of sp³-hybridized carbons (Fsp3) is 0.0200. The van der Waals surface area contributed by atoms with Gasteiger partial charge in [-0.3, -0.25) is 4.98 Å². The molecule has 9 aromatic rings. The highest BCUT2D eigenvalue weighted by Gasteiger charge is 2.24. The van der Waals surface area contributed by atoms with Gasteiger partial charge in [0, 0.05) is 39.2 Å². The van der Waals surface area contributed by atoms with Crippen LogP contribution in [0.1, 0.15) is 22.9 Å². The van der Waals surface area contributed by atoms with Crippen LogP contribution in [0.4, 0.5) is 0 Å². The number of fused-ring (bicyclic) bond motifs is 3. The molecule has 0 aliphatic carbocycles. The van der Waals surface area contributed by atoms with Crippen LogP contribution in [-0.2, 0) is 0 Å². The second-order valence-electron chi connectivity index (χ2n) is 13.7. The highest BCUT2D eigenvalue weighted by Crippen LogP contribution is 2.36.